The van der Waals surface area contributed by atoms with Gasteiger partial charge in [-0.3, -0.25) is 9.59 Å². The summed E-state index contributed by atoms with van der Waals surface area (Å²) >= 11 is 0. The molecule has 7 nitrogen and oxygen atoms in total. The number of ether oxygens (including phenoxy) is 2. The molecule has 1 heterocycles. The van der Waals surface area contributed by atoms with Gasteiger partial charge < -0.3 is 19.7 Å². The summed E-state index contributed by atoms with van der Waals surface area (Å²) in [6.45, 7) is 4.93. The summed E-state index contributed by atoms with van der Waals surface area (Å²) in [6.07, 6.45) is 0.157. The van der Waals surface area contributed by atoms with E-state index in [9.17, 15) is 14.4 Å². The molecule has 1 aliphatic rings. The van der Waals surface area contributed by atoms with Gasteiger partial charge in [-0.05, 0) is 50.1 Å². The van der Waals surface area contributed by atoms with Gasteiger partial charge in [0.25, 0.3) is 5.91 Å². The molecule has 2 aromatic carbocycles. The van der Waals surface area contributed by atoms with E-state index in [0.717, 1.165) is 11.1 Å². The Morgan fingerprint density at radius 3 is 2.66 bits per heavy atom. The predicted molar refractivity (Wildman–Crippen MR) is 109 cm³/mol. The van der Waals surface area contributed by atoms with Crippen molar-refractivity contribution in [3.63, 3.8) is 0 Å². The van der Waals surface area contributed by atoms with Crippen LogP contribution in [0.15, 0.2) is 42.5 Å². The molecule has 29 heavy (non-hydrogen) atoms. The summed E-state index contributed by atoms with van der Waals surface area (Å²) in [5.41, 5.74) is 3.14. The molecule has 0 radical (unpaired) electrons. The maximum atomic E-state index is 12.8. The molecule has 0 aromatic heterocycles. The third-order valence-electron chi connectivity index (χ3n) is 4.89. The van der Waals surface area contributed by atoms with Crippen LogP contribution < -0.4 is 15.0 Å². The number of para-hydroxylation sites is 2. The van der Waals surface area contributed by atoms with E-state index in [1.165, 1.54) is 4.90 Å². The van der Waals surface area contributed by atoms with Crippen molar-refractivity contribution >= 4 is 29.2 Å². The third kappa shape index (κ3) is 4.74. The number of nitrogens with one attached hydrogen (secondary N) is 1. The number of fused-ring (bicyclic) bond motifs is 1. The minimum Gasteiger partial charge on any atom is -0.482 e. The minimum absolute atomic E-state index is 0.157. The number of anilines is 2. The lowest BCUT2D eigenvalue weighted by molar-refractivity contribution is -0.150. The van der Waals surface area contributed by atoms with Crippen LogP contribution in [0.2, 0.25) is 0 Å². The van der Waals surface area contributed by atoms with Gasteiger partial charge in [0.2, 0.25) is 5.91 Å². The number of amides is 2. The Morgan fingerprint density at radius 2 is 1.86 bits per heavy atom. The quantitative estimate of drug-likeness (QED) is 0.786. The van der Waals surface area contributed by atoms with Crippen LogP contribution in [0.5, 0.6) is 5.75 Å². The van der Waals surface area contributed by atoms with E-state index in [4.69, 9.17) is 9.47 Å². The van der Waals surface area contributed by atoms with Crippen LogP contribution in [-0.4, -0.2) is 37.0 Å². The molecule has 1 atom stereocenters. The van der Waals surface area contributed by atoms with E-state index >= 15 is 0 Å². The minimum atomic E-state index is -0.635. The second-order valence-electron chi connectivity index (χ2n) is 7.03. The zero-order chi connectivity index (χ0) is 21.0. The molecule has 2 amide bonds. The lowest BCUT2D eigenvalue weighted by atomic mass is 10.1. The predicted octanol–water partition coefficient (Wildman–Crippen LogP) is 2.99. The standard InChI is InChI=1S/C22H24N2O5/c1-14-7-6-10-19(16(14)3)28-13-22(27)29-12-21(26)24-15(2)11-20(25)23-17-8-4-5-9-18(17)24/h4-10,15H,11-13H2,1-3H3,(H,23,25)/t15-/m0/s1. The summed E-state index contributed by atoms with van der Waals surface area (Å²) in [6, 6.07) is 12.3. The first-order chi connectivity index (χ1) is 13.9. The van der Waals surface area contributed by atoms with Crippen LogP contribution in [0.25, 0.3) is 0 Å². The average molecular weight is 396 g/mol. The van der Waals surface area contributed by atoms with Gasteiger partial charge >= 0.3 is 5.97 Å². The third-order valence-corrected chi connectivity index (χ3v) is 4.89. The first-order valence-electron chi connectivity index (χ1n) is 9.42. The van der Waals surface area contributed by atoms with Gasteiger partial charge in [-0.2, -0.15) is 0 Å². The first kappa shape index (κ1) is 20.4. The van der Waals surface area contributed by atoms with Crippen molar-refractivity contribution in [1.29, 1.82) is 0 Å². The monoisotopic (exact) mass is 396 g/mol. The molecule has 3 rings (SSSR count). The largest absolute Gasteiger partial charge is 0.482 e. The summed E-state index contributed by atoms with van der Waals surface area (Å²) in [5, 5.41) is 2.79. The zero-order valence-corrected chi connectivity index (χ0v) is 16.7. The SMILES string of the molecule is Cc1cccc(OCC(=O)OCC(=O)N2c3ccccc3NC(=O)C[C@@H]2C)c1C. The average Bonchev–Trinajstić information content (AvgIpc) is 2.81. The van der Waals surface area contributed by atoms with Gasteiger partial charge in [0.1, 0.15) is 5.75 Å². The maximum Gasteiger partial charge on any atom is 0.344 e. The van der Waals surface area contributed by atoms with Crippen molar-refractivity contribution in [1.82, 2.24) is 0 Å². The summed E-state index contributed by atoms with van der Waals surface area (Å²) in [7, 11) is 0. The number of esters is 1. The van der Waals surface area contributed by atoms with Crippen molar-refractivity contribution in [2.45, 2.75) is 33.2 Å². The number of rotatable bonds is 5. The van der Waals surface area contributed by atoms with Crippen molar-refractivity contribution in [2.75, 3.05) is 23.4 Å². The summed E-state index contributed by atoms with van der Waals surface area (Å²) < 4.78 is 10.6. The van der Waals surface area contributed by atoms with Crippen LogP contribution in [-0.2, 0) is 19.1 Å². The van der Waals surface area contributed by atoms with Gasteiger partial charge in [0, 0.05) is 12.5 Å². The van der Waals surface area contributed by atoms with E-state index in [1.54, 1.807) is 37.3 Å². The van der Waals surface area contributed by atoms with E-state index in [-0.39, 0.29) is 25.0 Å². The Bertz CT molecular complexity index is 941. The second-order valence-corrected chi connectivity index (χ2v) is 7.03. The highest BCUT2D eigenvalue weighted by molar-refractivity contribution is 6.05. The normalized spacial score (nSPS) is 15.8. The van der Waals surface area contributed by atoms with Crippen LogP contribution >= 0.6 is 0 Å². The molecule has 7 heteroatoms. The Morgan fingerprint density at radius 1 is 1.10 bits per heavy atom. The van der Waals surface area contributed by atoms with Gasteiger partial charge in [0.15, 0.2) is 13.2 Å². The smallest absolute Gasteiger partial charge is 0.344 e. The Labute approximate surface area is 169 Å². The van der Waals surface area contributed by atoms with Gasteiger partial charge in [-0.15, -0.1) is 0 Å². The van der Waals surface area contributed by atoms with Crippen LogP contribution in [0.1, 0.15) is 24.5 Å². The molecule has 2 aromatic rings. The molecule has 152 valence electrons. The van der Waals surface area contributed by atoms with Gasteiger partial charge in [0.05, 0.1) is 11.4 Å². The maximum absolute atomic E-state index is 12.8. The molecule has 0 spiro atoms. The van der Waals surface area contributed by atoms with E-state index < -0.39 is 18.5 Å². The highest BCUT2D eigenvalue weighted by Crippen LogP contribution is 2.31. The number of aryl methyl sites for hydroxylation is 1. The fraction of sp³-hybridized carbons (Fsp3) is 0.318. The number of hydrogen-bond donors (Lipinski definition) is 1. The lowest BCUT2D eigenvalue weighted by Crippen LogP contribution is -2.41. The topological polar surface area (TPSA) is 84.9 Å². The second kappa shape index (κ2) is 8.77. The van der Waals surface area contributed by atoms with Gasteiger partial charge in [-0.25, -0.2) is 4.79 Å². The number of hydrogen-bond acceptors (Lipinski definition) is 5. The molecule has 0 bridgehead atoms. The molecule has 0 saturated heterocycles. The van der Waals surface area contributed by atoms with E-state index in [0.29, 0.717) is 17.1 Å². The first-order valence-corrected chi connectivity index (χ1v) is 9.42. The number of benzene rings is 2. The van der Waals surface area contributed by atoms with Crippen molar-refractivity contribution in [3.05, 3.63) is 53.6 Å². The molecule has 0 unspecified atom stereocenters. The molecule has 0 fully saturated rings. The number of carbonyl (C=O) groups excluding carboxylic acids is 3. The molecule has 1 aliphatic heterocycles. The molecule has 1 N–H and O–H groups in total. The van der Waals surface area contributed by atoms with Crippen molar-refractivity contribution in [3.8, 4) is 5.75 Å². The molecular weight excluding hydrogens is 372 g/mol. The number of carbonyl (C=O) groups is 3. The molecular formula is C22H24N2O5. The Kier molecular flexibility index (Phi) is 6.16. The van der Waals surface area contributed by atoms with Crippen molar-refractivity contribution in [2.24, 2.45) is 0 Å². The van der Waals surface area contributed by atoms with E-state index in [2.05, 4.69) is 5.32 Å². The molecule has 0 saturated carbocycles. The zero-order valence-electron chi connectivity index (χ0n) is 16.7. The van der Waals surface area contributed by atoms with Gasteiger partial charge in [-0.1, -0.05) is 24.3 Å². The fourth-order valence-electron chi connectivity index (χ4n) is 3.24. The molecule has 0 aliphatic carbocycles. The van der Waals surface area contributed by atoms with Crippen LogP contribution in [0, 0.1) is 13.8 Å². The highest BCUT2D eigenvalue weighted by atomic mass is 16.6. The van der Waals surface area contributed by atoms with Crippen molar-refractivity contribution < 1.29 is 23.9 Å². The summed E-state index contributed by atoms with van der Waals surface area (Å²) in [4.78, 5) is 38.3. The fourth-order valence-corrected chi connectivity index (χ4v) is 3.24. The summed E-state index contributed by atoms with van der Waals surface area (Å²) in [5.74, 6) is -0.599. The van der Waals surface area contributed by atoms with Crippen LogP contribution in [0.3, 0.4) is 0 Å². The van der Waals surface area contributed by atoms with Crippen LogP contribution in [0.4, 0.5) is 11.4 Å². The Balaban J connectivity index is 1.62. The Hall–Kier alpha value is -3.35. The number of nitrogens with zero attached hydrogens (tertiary/aromatic N) is 1. The lowest BCUT2D eigenvalue weighted by Gasteiger charge is -2.27. The van der Waals surface area contributed by atoms with E-state index in [1.807, 2.05) is 26.0 Å². The highest BCUT2D eigenvalue weighted by Gasteiger charge is 2.30.